The maximum Gasteiger partial charge on any atom is 0.252 e. The first-order chi connectivity index (χ1) is 6.16. The Balaban J connectivity index is 2.67. The molecule has 66 valence electrons. The van der Waals surface area contributed by atoms with Gasteiger partial charge in [0, 0.05) is 5.56 Å². The van der Waals surface area contributed by atoms with Gasteiger partial charge in [-0.1, -0.05) is 11.6 Å². The number of thiazole rings is 1. The van der Waals surface area contributed by atoms with E-state index in [4.69, 9.17) is 23.2 Å². The molecule has 0 N–H and O–H groups in total. The number of carbonyl (C=O) groups excluding carboxylic acids is 1. The normalized spacial score (nSPS) is 10.6. The van der Waals surface area contributed by atoms with Crippen LogP contribution in [0.15, 0.2) is 18.2 Å². The van der Waals surface area contributed by atoms with Crippen LogP contribution in [-0.2, 0) is 0 Å². The van der Waals surface area contributed by atoms with Crippen LogP contribution in [0.3, 0.4) is 0 Å². The van der Waals surface area contributed by atoms with Crippen molar-refractivity contribution in [3.63, 3.8) is 0 Å². The van der Waals surface area contributed by atoms with Crippen molar-refractivity contribution in [2.75, 3.05) is 0 Å². The monoisotopic (exact) mass is 231 g/mol. The lowest BCUT2D eigenvalue weighted by molar-refractivity contribution is 0.108. The lowest BCUT2D eigenvalue weighted by Crippen LogP contribution is -1.86. The van der Waals surface area contributed by atoms with E-state index in [9.17, 15) is 4.79 Å². The summed E-state index contributed by atoms with van der Waals surface area (Å²) in [6, 6.07) is 5.08. The van der Waals surface area contributed by atoms with Crippen LogP contribution >= 0.6 is 34.5 Å². The van der Waals surface area contributed by atoms with E-state index in [2.05, 4.69) is 4.98 Å². The van der Waals surface area contributed by atoms with Gasteiger partial charge in [-0.15, -0.1) is 11.3 Å². The van der Waals surface area contributed by atoms with E-state index in [1.54, 1.807) is 18.2 Å². The molecular formula is C8H3Cl2NOS. The molecule has 5 heteroatoms. The Morgan fingerprint density at radius 1 is 1.46 bits per heavy atom. The molecule has 2 nitrogen and oxygen atoms in total. The van der Waals surface area contributed by atoms with Gasteiger partial charge in [0.05, 0.1) is 10.2 Å². The van der Waals surface area contributed by atoms with Gasteiger partial charge in [0.2, 0.25) is 0 Å². The summed E-state index contributed by atoms with van der Waals surface area (Å²) in [5.41, 5.74) is 1.15. The van der Waals surface area contributed by atoms with E-state index >= 15 is 0 Å². The minimum atomic E-state index is -0.481. The Labute approximate surface area is 88.1 Å². The molecule has 1 aromatic carbocycles. The highest BCUT2D eigenvalue weighted by Crippen LogP contribution is 2.26. The minimum absolute atomic E-state index is 0.441. The molecule has 13 heavy (non-hydrogen) atoms. The highest BCUT2D eigenvalue weighted by atomic mass is 35.5. The molecule has 0 atom stereocenters. The SMILES string of the molecule is O=C(Cl)c1ccc2sc(Cl)nc2c1. The number of nitrogens with zero attached hydrogens (tertiary/aromatic N) is 1. The van der Waals surface area contributed by atoms with Crippen molar-refractivity contribution in [2.24, 2.45) is 0 Å². The Kier molecular flexibility index (Phi) is 2.24. The van der Waals surface area contributed by atoms with Crippen molar-refractivity contribution < 1.29 is 4.79 Å². The molecule has 0 spiro atoms. The molecular weight excluding hydrogens is 229 g/mol. The van der Waals surface area contributed by atoms with E-state index in [1.807, 2.05) is 0 Å². The quantitative estimate of drug-likeness (QED) is 0.706. The second-order valence-corrected chi connectivity index (χ2v) is 4.38. The highest BCUT2D eigenvalue weighted by molar-refractivity contribution is 7.22. The molecule has 0 fully saturated rings. The topological polar surface area (TPSA) is 30.0 Å². The van der Waals surface area contributed by atoms with Gasteiger partial charge in [-0.3, -0.25) is 4.79 Å². The van der Waals surface area contributed by atoms with Crippen LogP contribution in [0.2, 0.25) is 4.47 Å². The van der Waals surface area contributed by atoms with Gasteiger partial charge in [-0.2, -0.15) is 0 Å². The molecule has 0 aliphatic carbocycles. The van der Waals surface area contributed by atoms with E-state index in [0.29, 0.717) is 15.5 Å². The van der Waals surface area contributed by atoms with E-state index < -0.39 is 5.24 Å². The van der Waals surface area contributed by atoms with Gasteiger partial charge in [0.25, 0.3) is 5.24 Å². The number of carbonyl (C=O) groups is 1. The summed E-state index contributed by atoms with van der Waals surface area (Å²) in [6.45, 7) is 0. The van der Waals surface area contributed by atoms with Crippen LogP contribution in [0.25, 0.3) is 10.2 Å². The molecule has 0 saturated heterocycles. The Hall–Kier alpha value is -0.640. The van der Waals surface area contributed by atoms with Crippen molar-refractivity contribution in [1.29, 1.82) is 0 Å². The van der Waals surface area contributed by atoms with Crippen LogP contribution in [-0.4, -0.2) is 10.2 Å². The Morgan fingerprint density at radius 3 is 2.92 bits per heavy atom. The van der Waals surface area contributed by atoms with Gasteiger partial charge < -0.3 is 0 Å². The second kappa shape index (κ2) is 3.25. The molecule has 1 heterocycles. The number of halogens is 2. The van der Waals surface area contributed by atoms with Gasteiger partial charge in [0.15, 0.2) is 4.47 Å². The van der Waals surface area contributed by atoms with Crippen LogP contribution in [0.4, 0.5) is 0 Å². The van der Waals surface area contributed by atoms with Gasteiger partial charge >= 0.3 is 0 Å². The summed E-state index contributed by atoms with van der Waals surface area (Å²) < 4.78 is 1.42. The molecule has 0 saturated carbocycles. The summed E-state index contributed by atoms with van der Waals surface area (Å²) in [7, 11) is 0. The largest absolute Gasteiger partial charge is 0.276 e. The predicted molar refractivity (Wildman–Crippen MR) is 54.8 cm³/mol. The van der Waals surface area contributed by atoms with Crippen molar-refractivity contribution in [2.45, 2.75) is 0 Å². The summed E-state index contributed by atoms with van der Waals surface area (Å²) in [5, 5.41) is -0.481. The number of rotatable bonds is 1. The fraction of sp³-hybridized carbons (Fsp3) is 0. The lowest BCUT2D eigenvalue weighted by atomic mass is 10.2. The summed E-state index contributed by atoms with van der Waals surface area (Å²) in [4.78, 5) is 14.8. The number of hydrogen-bond acceptors (Lipinski definition) is 3. The Bertz CT molecular complexity index is 480. The zero-order chi connectivity index (χ0) is 9.42. The average Bonchev–Trinajstić information content (AvgIpc) is 2.42. The minimum Gasteiger partial charge on any atom is -0.276 e. The third-order valence-corrected chi connectivity index (χ3v) is 2.95. The molecule has 1 aromatic heterocycles. The molecule has 0 amide bonds. The highest BCUT2D eigenvalue weighted by Gasteiger charge is 2.05. The molecule has 0 unspecified atom stereocenters. The van der Waals surface area contributed by atoms with Gasteiger partial charge in [-0.05, 0) is 29.8 Å². The van der Waals surface area contributed by atoms with Crippen molar-refractivity contribution in [1.82, 2.24) is 4.98 Å². The average molecular weight is 232 g/mol. The first-order valence-electron chi connectivity index (χ1n) is 3.43. The van der Waals surface area contributed by atoms with Crippen LogP contribution in [0.1, 0.15) is 10.4 Å². The first-order valence-corrected chi connectivity index (χ1v) is 5.00. The molecule has 0 radical (unpaired) electrons. The zero-order valence-corrected chi connectivity index (χ0v) is 8.58. The third-order valence-electron chi connectivity index (χ3n) is 1.59. The number of aromatic nitrogens is 1. The number of benzene rings is 1. The summed E-state index contributed by atoms with van der Waals surface area (Å²) in [6.07, 6.45) is 0. The Morgan fingerprint density at radius 2 is 2.23 bits per heavy atom. The van der Waals surface area contributed by atoms with E-state index in [0.717, 1.165) is 4.70 Å². The van der Waals surface area contributed by atoms with Gasteiger partial charge in [-0.25, -0.2) is 4.98 Å². The maximum absolute atomic E-state index is 10.8. The van der Waals surface area contributed by atoms with E-state index in [-0.39, 0.29) is 0 Å². The second-order valence-electron chi connectivity index (χ2n) is 2.42. The fourth-order valence-corrected chi connectivity index (χ4v) is 2.15. The zero-order valence-electron chi connectivity index (χ0n) is 6.25. The maximum atomic E-state index is 10.8. The number of fused-ring (bicyclic) bond motifs is 1. The molecule has 0 bridgehead atoms. The predicted octanol–water partition coefficient (Wildman–Crippen LogP) is 3.33. The third kappa shape index (κ3) is 1.68. The summed E-state index contributed by atoms with van der Waals surface area (Å²) in [5.74, 6) is 0. The van der Waals surface area contributed by atoms with Crippen molar-refractivity contribution >= 4 is 50.0 Å². The van der Waals surface area contributed by atoms with Crippen LogP contribution < -0.4 is 0 Å². The first kappa shape index (κ1) is 8.94. The molecule has 0 aliphatic rings. The lowest BCUT2D eigenvalue weighted by Gasteiger charge is -1.91. The van der Waals surface area contributed by atoms with Gasteiger partial charge in [0.1, 0.15) is 0 Å². The molecule has 2 rings (SSSR count). The standard InChI is InChI=1S/C8H3Cl2NOS/c9-7(12)4-1-2-6-5(3-4)11-8(10)13-6/h1-3H. The van der Waals surface area contributed by atoms with E-state index in [1.165, 1.54) is 11.3 Å². The van der Waals surface area contributed by atoms with Crippen LogP contribution in [0, 0.1) is 0 Å². The fourth-order valence-electron chi connectivity index (χ4n) is 1.02. The number of hydrogen-bond donors (Lipinski definition) is 0. The molecule has 0 aliphatic heterocycles. The van der Waals surface area contributed by atoms with Crippen LogP contribution in [0.5, 0.6) is 0 Å². The summed E-state index contributed by atoms with van der Waals surface area (Å²) >= 11 is 12.4. The smallest absolute Gasteiger partial charge is 0.252 e. The van der Waals surface area contributed by atoms with Crippen molar-refractivity contribution in [3.8, 4) is 0 Å². The molecule has 2 aromatic rings. The van der Waals surface area contributed by atoms with Crippen molar-refractivity contribution in [3.05, 3.63) is 28.2 Å².